The van der Waals surface area contributed by atoms with E-state index >= 15 is 0 Å². The average Bonchev–Trinajstić information content (AvgIpc) is 3.05. The number of unbranched alkanes of at least 4 members (excludes halogenated alkanes) is 9. The van der Waals surface area contributed by atoms with E-state index in [0.717, 1.165) is 71.9 Å². The van der Waals surface area contributed by atoms with Crippen LogP contribution in [0.5, 0.6) is 11.5 Å². The van der Waals surface area contributed by atoms with Gasteiger partial charge >= 0.3 is 0 Å². The van der Waals surface area contributed by atoms with Gasteiger partial charge < -0.3 is 10.2 Å². The number of phenolic OH excluding ortho intramolecular Hbond substituents is 2. The van der Waals surface area contributed by atoms with Gasteiger partial charge in [0.2, 0.25) is 0 Å². The maximum Gasteiger partial charge on any atom is 0.126 e. The number of phenols is 2. The van der Waals surface area contributed by atoms with Gasteiger partial charge in [0, 0.05) is 11.1 Å². The topological polar surface area (TPSA) is 40.5 Å². The summed E-state index contributed by atoms with van der Waals surface area (Å²) in [5.74, 6) is 0.918. The highest BCUT2D eigenvalue weighted by Crippen LogP contribution is 2.36. The molecule has 234 valence electrons. The minimum Gasteiger partial charge on any atom is -0.507 e. The molecule has 2 heteroatoms. The van der Waals surface area contributed by atoms with Crippen LogP contribution in [0.25, 0.3) is 22.3 Å². The van der Waals surface area contributed by atoms with Crippen molar-refractivity contribution in [2.45, 2.75) is 117 Å². The Kier molecular flexibility index (Phi) is 13.9. The molecule has 0 atom stereocenters. The Morgan fingerprint density at radius 3 is 1.09 bits per heavy atom. The molecule has 0 saturated carbocycles. The van der Waals surface area contributed by atoms with Crippen LogP contribution < -0.4 is 0 Å². The van der Waals surface area contributed by atoms with E-state index in [1.165, 1.54) is 75.3 Å². The van der Waals surface area contributed by atoms with Gasteiger partial charge in [0.05, 0.1) is 0 Å². The molecule has 0 radical (unpaired) electrons. The van der Waals surface area contributed by atoms with E-state index in [0.29, 0.717) is 11.5 Å². The largest absolute Gasteiger partial charge is 0.507 e. The van der Waals surface area contributed by atoms with Gasteiger partial charge in [-0.2, -0.15) is 0 Å². The third-order valence-electron chi connectivity index (χ3n) is 8.89. The first-order valence-electron chi connectivity index (χ1n) is 17.4. The summed E-state index contributed by atoms with van der Waals surface area (Å²) < 4.78 is 0. The molecular formula is C42H54O2. The van der Waals surface area contributed by atoms with E-state index in [2.05, 4.69) is 62.4 Å². The van der Waals surface area contributed by atoms with E-state index in [4.69, 9.17) is 0 Å². The number of aromatic hydroxyl groups is 2. The Hall–Kier alpha value is -3.52. The second-order valence-corrected chi connectivity index (χ2v) is 12.6. The Morgan fingerprint density at radius 2 is 0.750 bits per heavy atom. The van der Waals surface area contributed by atoms with Crippen molar-refractivity contribution in [3.05, 3.63) is 107 Å². The minimum atomic E-state index is 0.459. The molecule has 0 heterocycles. The average molecular weight is 591 g/mol. The summed E-state index contributed by atoms with van der Waals surface area (Å²) in [7, 11) is 0. The zero-order valence-corrected chi connectivity index (χ0v) is 27.3. The van der Waals surface area contributed by atoms with Crippen molar-refractivity contribution in [3.63, 3.8) is 0 Å². The lowest BCUT2D eigenvalue weighted by molar-refractivity contribution is 0.469. The Morgan fingerprint density at radius 1 is 0.409 bits per heavy atom. The smallest absolute Gasteiger partial charge is 0.126 e. The molecular weight excluding hydrogens is 536 g/mol. The highest BCUT2D eigenvalue weighted by molar-refractivity contribution is 5.73. The van der Waals surface area contributed by atoms with Crippen molar-refractivity contribution in [1.29, 1.82) is 0 Å². The zero-order chi connectivity index (χ0) is 31.0. The number of rotatable bonds is 19. The van der Waals surface area contributed by atoms with Crippen LogP contribution >= 0.6 is 0 Å². The summed E-state index contributed by atoms with van der Waals surface area (Å²) in [5, 5.41) is 21.8. The number of hydrogen-bond donors (Lipinski definition) is 2. The molecule has 2 nitrogen and oxygen atoms in total. The van der Waals surface area contributed by atoms with Crippen LogP contribution in [0.3, 0.4) is 0 Å². The summed E-state index contributed by atoms with van der Waals surface area (Å²) in [4.78, 5) is 0. The van der Waals surface area contributed by atoms with Crippen LogP contribution in [-0.4, -0.2) is 10.2 Å². The predicted molar refractivity (Wildman–Crippen MR) is 189 cm³/mol. The fraction of sp³-hybridized carbons (Fsp3) is 0.429. The molecule has 4 rings (SSSR count). The normalized spacial score (nSPS) is 11.2. The van der Waals surface area contributed by atoms with E-state index in [-0.39, 0.29) is 0 Å². The summed E-state index contributed by atoms with van der Waals surface area (Å²) in [6, 6.07) is 29.5. The summed E-state index contributed by atoms with van der Waals surface area (Å²) in [6.07, 6.45) is 19.1. The minimum absolute atomic E-state index is 0.459. The lowest BCUT2D eigenvalue weighted by Crippen LogP contribution is -1.94. The van der Waals surface area contributed by atoms with Gasteiger partial charge in [-0.3, -0.25) is 0 Å². The van der Waals surface area contributed by atoms with Crippen LogP contribution in [0.4, 0.5) is 0 Å². The quantitative estimate of drug-likeness (QED) is 0.107. The highest BCUT2D eigenvalue weighted by Gasteiger charge is 2.13. The molecule has 0 aliphatic heterocycles. The number of hydrogen-bond acceptors (Lipinski definition) is 2. The van der Waals surface area contributed by atoms with Gasteiger partial charge in [-0.25, -0.2) is 0 Å². The monoisotopic (exact) mass is 590 g/mol. The SMILES string of the molecule is CCCc1cc(CCCCCCCCCCCCc2cc(CCC)c(O)c(-c3ccccc3)c2)cc(-c2ccccc2)c1O. The van der Waals surface area contributed by atoms with Crippen molar-refractivity contribution in [2.75, 3.05) is 0 Å². The van der Waals surface area contributed by atoms with E-state index in [9.17, 15) is 10.2 Å². The van der Waals surface area contributed by atoms with Crippen molar-refractivity contribution < 1.29 is 10.2 Å². The third kappa shape index (κ3) is 10.0. The van der Waals surface area contributed by atoms with E-state index < -0.39 is 0 Å². The Bertz CT molecular complexity index is 1280. The summed E-state index contributed by atoms with van der Waals surface area (Å²) in [6.45, 7) is 4.35. The van der Waals surface area contributed by atoms with Gasteiger partial charge in [-0.15, -0.1) is 0 Å². The van der Waals surface area contributed by atoms with Crippen LogP contribution in [0, 0.1) is 0 Å². The van der Waals surface area contributed by atoms with Gasteiger partial charge in [0.15, 0.2) is 0 Å². The van der Waals surface area contributed by atoms with Gasteiger partial charge in [-0.05, 0) is 84.0 Å². The van der Waals surface area contributed by atoms with Crippen LogP contribution in [0.1, 0.15) is 113 Å². The Labute approximate surface area is 267 Å². The first-order chi connectivity index (χ1) is 21.6. The van der Waals surface area contributed by atoms with Crippen LogP contribution in [0.2, 0.25) is 0 Å². The molecule has 0 amide bonds. The van der Waals surface area contributed by atoms with Gasteiger partial charge in [-0.1, -0.05) is 151 Å². The molecule has 0 bridgehead atoms. The van der Waals surface area contributed by atoms with Crippen molar-refractivity contribution >= 4 is 0 Å². The molecule has 0 aliphatic rings. The molecule has 4 aromatic rings. The van der Waals surface area contributed by atoms with Gasteiger partial charge in [0.25, 0.3) is 0 Å². The first-order valence-corrected chi connectivity index (χ1v) is 17.4. The number of aryl methyl sites for hydroxylation is 4. The second-order valence-electron chi connectivity index (χ2n) is 12.6. The maximum absolute atomic E-state index is 10.9. The van der Waals surface area contributed by atoms with Crippen molar-refractivity contribution in [3.8, 4) is 33.8 Å². The first kappa shape index (κ1) is 33.4. The van der Waals surface area contributed by atoms with E-state index in [1.807, 2.05) is 36.4 Å². The molecule has 0 saturated heterocycles. The molecule has 0 fully saturated rings. The lowest BCUT2D eigenvalue weighted by Gasteiger charge is -2.13. The van der Waals surface area contributed by atoms with Crippen LogP contribution in [-0.2, 0) is 25.7 Å². The maximum atomic E-state index is 10.9. The standard InChI is InChI=1S/C42H54O2/c1-3-21-37-29-33(31-39(41(37)43)35-25-17-13-18-26-35)23-15-11-9-7-5-6-8-10-12-16-24-34-30-38(22-4-2)42(44)40(32-34)36-27-19-14-20-28-36/h13-14,17-20,25-32,43-44H,3-12,15-16,21-24H2,1-2H3. The molecule has 4 aromatic carbocycles. The fourth-order valence-electron chi connectivity index (χ4n) is 6.48. The lowest BCUT2D eigenvalue weighted by atomic mass is 9.94. The summed E-state index contributed by atoms with van der Waals surface area (Å²) in [5.41, 5.74) is 9.05. The molecule has 44 heavy (non-hydrogen) atoms. The van der Waals surface area contributed by atoms with Crippen molar-refractivity contribution in [1.82, 2.24) is 0 Å². The van der Waals surface area contributed by atoms with Crippen LogP contribution in [0.15, 0.2) is 84.9 Å². The summed E-state index contributed by atoms with van der Waals surface area (Å²) >= 11 is 0. The molecule has 0 aromatic heterocycles. The second kappa shape index (κ2) is 18.3. The highest BCUT2D eigenvalue weighted by atomic mass is 16.3. The fourth-order valence-corrected chi connectivity index (χ4v) is 6.48. The molecule has 0 spiro atoms. The zero-order valence-electron chi connectivity index (χ0n) is 27.3. The molecule has 0 unspecified atom stereocenters. The third-order valence-corrected chi connectivity index (χ3v) is 8.89. The number of benzene rings is 4. The van der Waals surface area contributed by atoms with Crippen molar-refractivity contribution in [2.24, 2.45) is 0 Å². The Balaban J connectivity index is 1.11. The predicted octanol–water partition coefficient (Wildman–Crippen LogP) is 12.0. The molecule has 2 N–H and O–H groups in total. The van der Waals surface area contributed by atoms with Gasteiger partial charge in [0.1, 0.15) is 11.5 Å². The van der Waals surface area contributed by atoms with E-state index in [1.54, 1.807) is 0 Å². The molecule has 0 aliphatic carbocycles.